The summed E-state index contributed by atoms with van der Waals surface area (Å²) in [5.74, 6) is 0.398. The molecule has 0 saturated carbocycles. The van der Waals surface area contributed by atoms with E-state index >= 15 is 0 Å². The SMILES string of the molecule is Cc1c(C(C)(C)C)cc(CCC(=O)Nc2ccc(O)cc2)cc1C(C)(C)C.Cc1cc(NC(=O)CCc2cc(C(C)(C)C)c(C)c(C(C)(C)C)c2)ccc1O. The molecule has 4 aromatic carbocycles. The third-order valence-electron chi connectivity index (χ3n) is 10.1. The number of aryl methyl sites for hydroxylation is 3. The highest BCUT2D eigenvalue weighted by Gasteiger charge is 2.26. The van der Waals surface area contributed by atoms with Crippen molar-refractivity contribution in [2.45, 2.75) is 151 Å². The monoisotopic (exact) mass is 749 g/mol. The molecule has 4 N–H and O–H groups in total. The van der Waals surface area contributed by atoms with Crippen LogP contribution in [-0.4, -0.2) is 22.0 Å². The lowest BCUT2D eigenvalue weighted by atomic mass is 9.75. The average Bonchev–Trinajstić information content (AvgIpc) is 3.04. The van der Waals surface area contributed by atoms with Gasteiger partial charge >= 0.3 is 0 Å². The molecule has 6 nitrogen and oxygen atoms in total. The molecule has 2 amide bonds. The number of benzene rings is 4. The zero-order valence-electron chi connectivity index (χ0n) is 36.4. The van der Waals surface area contributed by atoms with Crippen molar-refractivity contribution in [2.24, 2.45) is 0 Å². The molecule has 0 aliphatic heterocycles. The van der Waals surface area contributed by atoms with Gasteiger partial charge in [0.25, 0.3) is 0 Å². The normalized spacial score (nSPS) is 12.1. The van der Waals surface area contributed by atoms with Crippen LogP contribution in [0.25, 0.3) is 0 Å². The zero-order chi connectivity index (χ0) is 41.7. The van der Waals surface area contributed by atoms with E-state index in [0.29, 0.717) is 31.4 Å². The second kappa shape index (κ2) is 17.5. The fourth-order valence-electron chi connectivity index (χ4n) is 7.19. The Hall–Kier alpha value is -4.58. The summed E-state index contributed by atoms with van der Waals surface area (Å²) in [7, 11) is 0. The van der Waals surface area contributed by atoms with Gasteiger partial charge in [0.1, 0.15) is 11.5 Å². The van der Waals surface area contributed by atoms with Gasteiger partial charge in [0.2, 0.25) is 11.8 Å². The molecular weight excluding hydrogens is 681 g/mol. The lowest BCUT2D eigenvalue weighted by Gasteiger charge is -2.30. The van der Waals surface area contributed by atoms with Gasteiger partial charge in [0.05, 0.1) is 0 Å². The number of nitrogens with one attached hydrogen (secondary N) is 2. The number of carbonyl (C=O) groups is 2. The number of phenols is 2. The number of hydrogen-bond acceptors (Lipinski definition) is 4. The highest BCUT2D eigenvalue weighted by molar-refractivity contribution is 5.91. The minimum atomic E-state index is -0.0177. The molecule has 298 valence electrons. The van der Waals surface area contributed by atoms with Crippen LogP contribution in [0.2, 0.25) is 0 Å². The van der Waals surface area contributed by atoms with Gasteiger partial charge in [0, 0.05) is 24.2 Å². The molecular formula is C49H68N2O4. The van der Waals surface area contributed by atoms with Gasteiger partial charge in [0.15, 0.2) is 0 Å². The summed E-state index contributed by atoms with van der Waals surface area (Å²) < 4.78 is 0. The largest absolute Gasteiger partial charge is 0.508 e. The number of phenolic OH excluding ortho intramolecular Hbond substituents is 2. The first-order valence-electron chi connectivity index (χ1n) is 19.6. The van der Waals surface area contributed by atoms with Gasteiger partial charge in [-0.1, -0.05) is 107 Å². The van der Waals surface area contributed by atoms with Crippen LogP contribution in [0.5, 0.6) is 11.5 Å². The molecule has 4 aromatic rings. The van der Waals surface area contributed by atoms with E-state index in [1.54, 1.807) is 42.5 Å². The highest BCUT2D eigenvalue weighted by Crippen LogP contribution is 2.36. The van der Waals surface area contributed by atoms with Crippen LogP contribution in [0.15, 0.2) is 66.7 Å². The van der Waals surface area contributed by atoms with Crippen molar-refractivity contribution >= 4 is 23.2 Å². The Labute approximate surface area is 332 Å². The van der Waals surface area contributed by atoms with Gasteiger partial charge in [-0.05, 0) is 148 Å². The topological polar surface area (TPSA) is 98.7 Å². The van der Waals surface area contributed by atoms with Crippen LogP contribution in [0.3, 0.4) is 0 Å². The van der Waals surface area contributed by atoms with Crippen molar-refractivity contribution in [1.29, 1.82) is 0 Å². The Kier molecular flexibility index (Phi) is 14.2. The van der Waals surface area contributed by atoms with Gasteiger partial charge < -0.3 is 20.8 Å². The maximum absolute atomic E-state index is 12.4. The van der Waals surface area contributed by atoms with E-state index in [4.69, 9.17) is 0 Å². The van der Waals surface area contributed by atoms with Crippen LogP contribution < -0.4 is 10.6 Å². The molecule has 0 unspecified atom stereocenters. The molecule has 55 heavy (non-hydrogen) atoms. The minimum Gasteiger partial charge on any atom is -0.508 e. The zero-order valence-corrected chi connectivity index (χ0v) is 36.4. The summed E-state index contributed by atoms with van der Waals surface area (Å²) in [5.41, 5.74) is 12.9. The summed E-state index contributed by atoms with van der Waals surface area (Å²) in [4.78, 5) is 24.8. The number of hydrogen-bond donors (Lipinski definition) is 4. The number of rotatable bonds is 8. The molecule has 0 fully saturated rings. The van der Waals surface area contributed by atoms with E-state index in [9.17, 15) is 19.8 Å². The minimum absolute atomic E-state index is 0.0136. The predicted molar refractivity (Wildman–Crippen MR) is 232 cm³/mol. The van der Waals surface area contributed by atoms with E-state index in [2.05, 4.69) is 132 Å². The van der Waals surface area contributed by atoms with Crippen molar-refractivity contribution in [3.05, 3.63) is 117 Å². The summed E-state index contributed by atoms with van der Waals surface area (Å²) in [5, 5.41) is 24.8. The molecule has 0 aromatic heterocycles. The van der Waals surface area contributed by atoms with Crippen molar-refractivity contribution in [3.8, 4) is 11.5 Å². The summed E-state index contributed by atoms with van der Waals surface area (Å²) in [6.07, 6.45) is 2.26. The molecule has 0 aliphatic carbocycles. The second-order valence-electron chi connectivity index (χ2n) is 19.3. The maximum atomic E-state index is 12.4. The molecule has 0 bridgehead atoms. The standard InChI is InChI=1S/C25H35NO2.C24H33NO2/c1-16-13-19(10-11-22(16)27)26-23(28)12-9-18-14-20(24(3,4)5)17(2)21(15-18)25(6,7)8;1-16-20(23(2,3)4)14-17(15-21(16)24(5,6)7)8-13-22(27)25-18-9-11-19(26)12-10-18/h10-11,13-15,27H,9,12H2,1-8H3,(H,26,28);9-12,14-15,26H,8,13H2,1-7H3,(H,25,27). The Morgan fingerprint density at radius 3 is 1.15 bits per heavy atom. The van der Waals surface area contributed by atoms with Crippen molar-refractivity contribution in [3.63, 3.8) is 0 Å². The molecule has 0 aliphatic rings. The summed E-state index contributed by atoms with van der Waals surface area (Å²) in [6.45, 7) is 33.1. The first kappa shape index (κ1) is 44.8. The number of anilines is 2. The van der Waals surface area contributed by atoms with E-state index in [1.165, 1.54) is 44.5 Å². The van der Waals surface area contributed by atoms with Gasteiger partial charge in [-0.15, -0.1) is 0 Å². The van der Waals surface area contributed by atoms with Gasteiger partial charge in [-0.2, -0.15) is 0 Å². The van der Waals surface area contributed by atoms with Crippen LogP contribution >= 0.6 is 0 Å². The van der Waals surface area contributed by atoms with E-state index in [1.807, 2.05) is 6.92 Å². The number of amides is 2. The summed E-state index contributed by atoms with van der Waals surface area (Å²) >= 11 is 0. The molecule has 4 rings (SSSR count). The van der Waals surface area contributed by atoms with Crippen molar-refractivity contribution in [1.82, 2.24) is 0 Å². The first-order valence-corrected chi connectivity index (χ1v) is 19.6. The highest BCUT2D eigenvalue weighted by atomic mass is 16.3. The third-order valence-corrected chi connectivity index (χ3v) is 10.1. The Balaban J connectivity index is 0.000000296. The van der Waals surface area contributed by atoms with Gasteiger partial charge in [-0.25, -0.2) is 0 Å². The van der Waals surface area contributed by atoms with Gasteiger partial charge in [-0.3, -0.25) is 9.59 Å². The van der Waals surface area contributed by atoms with E-state index in [-0.39, 0.29) is 45.0 Å². The number of aromatic hydroxyl groups is 2. The van der Waals surface area contributed by atoms with Crippen LogP contribution in [0.4, 0.5) is 11.4 Å². The first-order chi connectivity index (χ1) is 25.2. The fraction of sp³-hybridized carbons (Fsp3) is 0.469. The molecule has 0 radical (unpaired) electrons. The molecule has 0 spiro atoms. The Morgan fingerprint density at radius 1 is 0.491 bits per heavy atom. The summed E-state index contributed by atoms with van der Waals surface area (Å²) in [6, 6.07) is 20.7. The molecule has 0 heterocycles. The Bertz CT molecular complexity index is 1890. The van der Waals surface area contributed by atoms with Crippen LogP contribution in [0, 0.1) is 20.8 Å². The fourth-order valence-corrected chi connectivity index (χ4v) is 7.19. The lowest BCUT2D eigenvalue weighted by Crippen LogP contribution is -2.20. The van der Waals surface area contributed by atoms with E-state index < -0.39 is 0 Å². The molecule has 6 heteroatoms. The van der Waals surface area contributed by atoms with Crippen molar-refractivity contribution in [2.75, 3.05) is 10.6 Å². The van der Waals surface area contributed by atoms with E-state index in [0.717, 1.165) is 11.3 Å². The lowest BCUT2D eigenvalue weighted by molar-refractivity contribution is -0.117. The predicted octanol–water partition coefficient (Wildman–Crippen LogP) is 12.0. The number of carbonyl (C=O) groups excluding carboxylic acids is 2. The third kappa shape index (κ3) is 13.0. The smallest absolute Gasteiger partial charge is 0.224 e. The second-order valence-corrected chi connectivity index (χ2v) is 19.3. The maximum Gasteiger partial charge on any atom is 0.224 e. The van der Waals surface area contributed by atoms with Crippen LogP contribution in [0.1, 0.15) is 146 Å². The van der Waals surface area contributed by atoms with Crippen molar-refractivity contribution < 1.29 is 19.8 Å². The Morgan fingerprint density at radius 2 is 0.818 bits per heavy atom. The average molecular weight is 749 g/mol. The molecule has 0 atom stereocenters. The van der Waals surface area contributed by atoms with Crippen LogP contribution in [-0.2, 0) is 44.1 Å². The quantitative estimate of drug-likeness (QED) is 0.135. The molecule has 0 saturated heterocycles.